The third kappa shape index (κ3) is 6.21. The minimum absolute atomic E-state index is 0.137. The van der Waals surface area contributed by atoms with Gasteiger partial charge in [-0.15, -0.1) is 0 Å². The largest absolute Gasteiger partial charge is 0.493 e. The van der Waals surface area contributed by atoms with Crippen LogP contribution in [0.3, 0.4) is 0 Å². The predicted octanol–water partition coefficient (Wildman–Crippen LogP) is 5.24. The Balaban J connectivity index is 1.79. The summed E-state index contributed by atoms with van der Waals surface area (Å²) in [5.74, 6) is -0.634. The molecule has 0 fully saturated rings. The molecular formula is C25H19BrN2O5. The second-order valence-electron chi connectivity index (χ2n) is 6.79. The number of para-hydroxylation sites is 1. The maximum Gasteiger partial charge on any atom is 0.335 e. The highest BCUT2D eigenvalue weighted by Crippen LogP contribution is 2.37. The van der Waals surface area contributed by atoms with Gasteiger partial charge in [0, 0.05) is 5.69 Å². The number of nitrogens with zero attached hydrogens (tertiary/aromatic N) is 1. The van der Waals surface area contributed by atoms with Crippen LogP contribution in [-0.4, -0.2) is 30.7 Å². The van der Waals surface area contributed by atoms with Gasteiger partial charge in [-0.25, -0.2) is 4.79 Å². The van der Waals surface area contributed by atoms with E-state index in [1.165, 1.54) is 19.2 Å². The van der Waals surface area contributed by atoms with Crippen LogP contribution in [0.5, 0.6) is 11.5 Å². The number of benzene rings is 3. The molecule has 0 aromatic heterocycles. The summed E-state index contributed by atoms with van der Waals surface area (Å²) in [6, 6.07) is 20.6. The van der Waals surface area contributed by atoms with E-state index in [-0.39, 0.29) is 18.1 Å². The molecule has 7 nitrogen and oxygen atoms in total. The quantitative estimate of drug-likeness (QED) is 0.319. The van der Waals surface area contributed by atoms with E-state index in [0.29, 0.717) is 38.4 Å². The van der Waals surface area contributed by atoms with Crippen molar-refractivity contribution < 1.29 is 24.2 Å². The maximum atomic E-state index is 12.2. The van der Waals surface area contributed by atoms with E-state index in [9.17, 15) is 14.9 Å². The number of methoxy groups -OCH3 is 1. The first-order chi connectivity index (χ1) is 15.9. The summed E-state index contributed by atoms with van der Waals surface area (Å²) in [6.07, 6.45) is 1.65. The molecule has 3 aromatic carbocycles. The molecule has 0 saturated heterocycles. The standard InChI is InChI=1S/C25H19BrN2O5/c1-32-22-13-16(11-19(14-27)17-7-9-18(10-8-17)25(30)31)12-21(26)24(22)33-15-23(29)28-20-5-3-2-4-6-20/h2-13H,15H2,1H3,(H,28,29)(H,30,31)/b19-11-. The molecular weight excluding hydrogens is 488 g/mol. The Morgan fingerprint density at radius 1 is 1.09 bits per heavy atom. The predicted molar refractivity (Wildman–Crippen MR) is 128 cm³/mol. The van der Waals surface area contributed by atoms with E-state index in [0.717, 1.165) is 0 Å². The number of allylic oxidation sites excluding steroid dienone is 1. The molecule has 0 spiro atoms. The molecule has 3 rings (SSSR count). The number of carbonyl (C=O) groups excluding carboxylic acids is 1. The zero-order valence-corrected chi connectivity index (χ0v) is 19.1. The van der Waals surface area contributed by atoms with Crippen molar-refractivity contribution in [3.63, 3.8) is 0 Å². The first kappa shape index (κ1) is 23.6. The number of rotatable bonds is 8. The van der Waals surface area contributed by atoms with Crippen LogP contribution in [0, 0.1) is 11.3 Å². The van der Waals surface area contributed by atoms with Gasteiger partial charge >= 0.3 is 5.97 Å². The second kappa shape index (κ2) is 11.0. The molecule has 166 valence electrons. The number of nitriles is 1. The summed E-state index contributed by atoms with van der Waals surface area (Å²) in [5, 5.41) is 21.4. The molecule has 1 amide bonds. The summed E-state index contributed by atoms with van der Waals surface area (Å²) in [4.78, 5) is 23.2. The molecule has 0 unspecified atom stereocenters. The average Bonchev–Trinajstić information content (AvgIpc) is 2.82. The van der Waals surface area contributed by atoms with Gasteiger partial charge in [0.1, 0.15) is 0 Å². The highest BCUT2D eigenvalue weighted by atomic mass is 79.9. The van der Waals surface area contributed by atoms with E-state index in [2.05, 4.69) is 27.3 Å². The molecule has 0 bridgehead atoms. The second-order valence-corrected chi connectivity index (χ2v) is 7.64. The molecule has 8 heteroatoms. The molecule has 0 saturated carbocycles. The monoisotopic (exact) mass is 506 g/mol. The molecule has 2 N–H and O–H groups in total. The number of ether oxygens (including phenoxy) is 2. The molecule has 0 atom stereocenters. The van der Waals surface area contributed by atoms with E-state index < -0.39 is 5.97 Å². The summed E-state index contributed by atoms with van der Waals surface area (Å²) in [6.45, 7) is -0.224. The highest BCUT2D eigenvalue weighted by Gasteiger charge is 2.14. The van der Waals surface area contributed by atoms with Crippen molar-refractivity contribution in [1.29, 1.82) is 5.26 Å². The number of halogens is 1. The normalized spacial score (nSPS) is 10.8. The first-order valence-electron chi connectivity index (χ1n) is 9.72. The molecule has 3 aromatic rings. The Hall–Kier alpha value is -4.09. The summed E-state index contributed by atoms with van der Waals surface area (Å²) in [7, 11) is 1.47. The van der Waals surface area contributed by atoms with Gasteiger partial charge in [-0.2, -0.15) is 5.26 Å². The smallest absolute Gasteiger partial charge is 0.335 e. The third-order valence-corrected chi connectivity index (χ3v) is 5.12. The van der Waals surface area contributed by atoms with Crippen molar-refractivity contribution in [2.24, 2.45) is 0 Å². The van der Waals surface area contributed by atoms with Crippen molar-refractivity contribution >= 4 is 45.1 Å². The van der Waals surface area contributed by atoms with Gasteiger partial charge in [0.15, 0.2) is 18.1 Å². The van der Waals surface area contributed by atoms with Gasteiger partial charge in [0.2, 0.25) is 0 Å². The molecule has 0 radical (unpaired) electrons. The fraction of sp³-hybridized carbons (Fsp3) is 0.0800. The Labute approximate surface area is 199 Å². The van der Waals surface area contributed by atoms with Gasteiger partial charge in [-0.1, -0.05) is 30.3 Å². The Bertz CT molecular complexity index is 1230. The van der Waals surface area contributed by atoms with Gasteiger partial charge < -0.3 is 19.9 Å². The third-order valence-electron chi connectivity index (χ3n) is 4.53. The first-order valence-corrected chi connectivity index (χ1v) is 10.5. The molecule has 33 heavy (non-hydrogen) atoms. The van der Waals surface area contributed by atoms with Crippen molar-refractivity contribution in [1.82, 2.24) is 0 Å². The number of anilines is 1. The van der Waals surface area contributed by atoms with Crippen molar-refractivity contribution in [2.45, 2.75) is 0 Å². The van der Waals surface area contributed by atoms with Crippen LogP contribution in [-0.2, 0) is 4.79 Å². The van der Waals surface area contributed by atoms with Gasteiger partial charge in [-0.3, -0.25) is 4.79 Å². The zero-order chi connectivity index (χ0) is 23.8. The number of hydrogen-bond donors (Lipinski definition) is 2. The minimum atomic E-state index is -1.04. The number of aromatic carboxylic acids is 1. The van der Waals surface area contributed by atoms with Gasteiger partial charge in [0.25, 0.3) is 5.91 Å². The lowest BCUT2D eigenvalue weighted by Gasteiger charge is -2.14. The van der Waals surface area contributed by atoms with E-state index >= 15 is 0 Å². The number of amides is 1. The lowest BCUT2D eigenvalue weighted by Crippen LogP contribution is -2.20. The van der Waals surface area contributed by atoms with Gasteiger partial charge in [-0.05, 0) is 69.5 Å². The summed E-state index contributed by atoms with van der Waals surface area (Å²) in [5.41, 5.74) is 2.38. The molecule has 0 heterocycles. The molecule has 0 aliphatic carbocycles. The van der Waals surface area contributed by atoms with Gasteiger partial charge in [0.05, 0.1) is 28.8 Å². The average molecular weight is 507 g/mol. The van der Waals surface area contributed by atoms with Crippen LogP contribution in [0.2, 0.25) is 0 Å². The van der Waals surface area contributed by atoms with E-state index in [4.69, 9.17) is 14.6 Å². The van der Waals surface area contributed by atoms with Crippen LogP contribution < -0.4 is 14.8 Å². The van der Waals surface area contributed by atoms with Crippen LogP contribution in [0.4, 0.5) is 5.69 Å². The van der Waals surface area contributed by atoms with Crippen LogP contribution in [0.25, 0.3) is 11.6 Å². The molecule has 0 aliphatic rings. The maximum absolute atomic E-state index is 12.2. The Morgan fingerprint density at radius 3 is 2.36 bits per heavy atom. The van der Waals surface area contributed by atoms with Crippen LogP contribution in [0.15, 0.2) is 71.2 Å². The fourth-order valence-electron chi connectivity index (χ4n) is 2.96. The summed E-state index contributed by atoms with van der Waals surface area (Å²) >= 11 is 3.44. The topological polar surface area (TPSA) is 109 Å². The van der Waals surface area contributed by atoms with Crippen LogP contribution >= 0.6 is 15.9 Å². The Kier molecular flexibility index (Phi) is 7.84. The van der Waals surface area contributed by atoms with E-state index in [1.54, 1.807) is 42.5 Å². The SMILES string of the molecule is COc1cc(/C=C(/C#N)c2ccc(C(=O)O)cc2)cc(Br)c1OCC(=O)Nc1ccccc1. The molecule has 0 aliphatic heterocycles. The number of carboxylic acids is 1. The number of nitrogens with one attached hydrogen (secondary N) is 1. The number of carbonyl (C=O) groups is 2. The highest BCUT2D eigenvalue weighted by molar-refractivity contribution is 9.10. The zero-order valence-electron chi connectivity index (χ0n) is 17.5. The van der Waals surface area contributed by atoms with E-state index in [1.807, 2.05) is 18.2 Å². The Morgan fingerprint density at radius 2 is 1.76 bits per heavy atom. The summed E-state index contributed by atoms with van der Waals surface area (Å²) < 4.78 is 11.6. The van der Waals surface area contributed by atoms with Crippen molar-refractivity contribution in [3.05, 3.63) is 87.9 Å². The van der Waals surface area contributed by atoms with Crippen LogP contribution in [0.1, 0.15) is 21.5 Å². The number of carboxylic acid groups (broad SMARTS) is 1. The number of hydrogen-bond acceptors (Lipinski definition) is 5. The minimum Gasteiger partial charge on any atom is -0.493 e. The van der Waals surface area contributed by atoms with Crippen molar-refractivity contribution in [2.75, 3.05) is 19.0 Å². The van der Waals surface area contributed by atoms with Crippen molar-refractivity contribution in [3.8, 4) is 17.6 Å². The lowest BCUT2D eigenvalue weighted by molar-refractivity contribution is -0.118. The lowest BCUT2D eigenvalue weighted by atomic mass is 10.0. The fourth-order valence-corrected chi connectivity index (χ4v) is 3.53.